The molecule has 13 heteroatoms. The van der Waals surface area contributed by atoms with Gasteiger partial charge in [-0.25, -0.2) is 4.98 Å². The van der Waals surface area contributed by atoms with Crippen LogP contribution in [0.25, 0.3) is 0 Å². The first-order valence-electron chi connectivity index (χ1n) is 17.3. The smallest absolute Gasteiger partial charge is 0.255 e. The fourth-order valence-electron chi connectivity index (χ4n) is 6.57. The van der Waals surface area contributed by atoms with E-state index in [4.69, 9.17) is 32.1 Å². The van der Waals surface area contributed by atoms with Gasteiger partial charge in [-0.15, -0.1) is 11.3 Å². The number of halogens is 1. The molecular weight excluding hydrogens is 722 g/mol. The van der Waals surface area contributed by atoms with Gasteiger partial charge in [-0.1, -0.05) is 41.6 Å². The van der Waals surface area contributed by atoms with Gasteiger partial charge < -0.3 is 9.64 Å². The van der Waals surface area contributed by atoms with Gasteiger partial charge in [0, 0.05) is 46.7 Å². The molecule has 54 heavy (non-hydrogen) atoms. The molecule has 1 unspecified atom stereocenters. The molecule has 2 aromatic heterocycles. The molecule has 0 aliphatic carbocycles. The number of thiophene rings is 1. The van der Waals surface area contributed by atoms with Crippen LogP contribution in [0.15, 0.2) is 65.8 Å². The molecule has 3 aliphatic heterocycles. The summed E-state index contributed by atoms with van der Waals surface area (Å²) in [6.07, 6.45) is 2.55. The van der Waals surface area contributed by atoms with Crippen molar-refractivity contribution in [3.05, 3.63) is 110 Å². The topological polar surface area (TPSA) is 152 Å². The van der Waals surface area contributed by atoms with Crippen LogP contribution in [0, 0.1) is 41.4 Å². The van der Waals surface area contributed by atoms with Gasteiger partial charge in [0.25, 0.3) is 5.91 Å². The summed E-state index contributed by atoms with van der Waals surface area (Å²) in [4.78, 5) is 50.4. The summed E-state index contributed by atoms with van der Waals surface area (Å²) in [7, 11) is 0. The van der Waals surface area contributed by atoms with Crippen LogP contribution >= 0.6 is 22.9 Å². The molecule has 3 aliphatic rings. The van der Waals surface area contributed by atoms with E-state index >= 15 is 0 Å². The number of rotatable bonds is 5. The molecule has 5 heterocycles. The number of piperidine rings is 1. The van der Waals surface area contributed by atoms with Crippen molar-refractivity contribution in [2.24, 2.45) is 4.99 Å². The van der Waals surface area contributed by atoms with Gasteiger partial charge in [0.1, 0.15) is 40.2 Å². The molecule has 0 spiro atoms. The van der Waals surface area contributed by atoms with Gasteiger partial charge in [-0.3, -0.25) is 40.4 Å². The van der Waals surface area contributed by atoms with Gasteiger partial charge >= 0.3 is 0 Å². The standard InChI is InChI=1S/C41H34ClN7O4S/c1-23-34(54-41-36(23)37(27-10-12-28(42)13-11-27)46-24(2)38(44)49(41)25(3)43)18-15-29-14-16-30(21-45-29)53-20-5-4-7-26-8-6-9-31-32(26)22-48(40(31)52)33-17-19-35(50)47-39(33)51/h6,8-14,16,21,24,33,43-44H,5,17,19-20,22H2,1-3H3,(H,47,50,51)/t24-,33?/m0/s1. The van der Waals surface area contributed by atoms with Crippen molar-refractivity contribution >= 4 is 63.0 Å². The summed E-state index contributed by atoms with van der Waals surface area (Å²) >= 11 is 7.60. The van der Waals surface area contributed by atoms with Gasteiger partial charge in [0.05, 0.1) is 23.4 Å². The van der Waals surface area contributed by atoms with E-state index in [2.05, 4.69) is 34.0 Å². The number of anilines is 1. The number of pyridine rings is 1. The first kappa shape index (κ1) is 36.3. The number of nitrogens with one attached hydrogen (secondary N) is 3. The maximum absolute atomic E-state index is 13.1. The SMILES string of the molecule is CC(=N)N1C(=N)[C@H](C)N=C(c2ccc(Cl)cc2)c2c1sc(C#Cc1ccc(OCCC#Cc3cccc4c3CN(C3CCC(=O)NC3=O)C4=O)cn1)c2C. The zero-order chi connectivity index (χ0) is 38.1. The molecule has 3 amide bonds. The van der Waals surface area contributed by atoms with E-state index in [1.165, 1.54) is 16.2 Å². The molecule has 270 valence electrons. The van der Waals surface area contributed by atoms with E-state index in [9.17, 15) is 14.4 Å². The fourth-order valence-corrected chi connectivity index (χ4v) is 7.92. The molecular formula is C41H34ClN7O4S. The minimum atomic E-state index is -0.676. The summed E-state index contributed by atoms with van der Waals surface area (Å²) in [5, 5.41) is 21.0. The highest BCUT2D eigenvalue weighted by Crippen LogP contribution is 2.40. The summed E-state index contributed by atoms with van der Waals surface area (Å²) in [6, 6.07) is 15.3. The number of amides is 3. The maximum atomic E-state index is 13.1. The van der Waals surface area contributed by atoms with Crippen molar-refractivity contribution in [3.8, 4) is 29.4 Å². The lowest BCUT2D eigenvalue weighted by molar-refractivity contribution is -0.136. The Morgan fingerprint density at radius 3 is 2.61 bits per heavy atom. The first-order valence-corrected chi connectivity index (χ1v) is 18.5. The van der Waals surface area contributed by atoms with Crippen LogP contribution in [0.1, 0.15) is 81.9 Å². The molecule has 2 atom stereocenters. The number of nitrogens with zero attached hydrogens (tertiary/aromatic N) is 4. The van der Waals surface area contributed by atoms with Crippen molar-refractivity contribution < 1.29 is 19.1 Å². The summed E-state index contributed by atoms with van der Waals surface area (Å²) in [5.74, 6) is 12.7. The number of ether oxygens (including phenoxy) is 1. The Bertz CT molecular complexity index is 2400. The number of aliphatic imine (C=N–C) groups is 1. The van der Waals surface area contributed by atoms with E-state index < -0.39 is 18.0 Å². The van der Waals surface area contributed by atoms with E-state index in [0.717, 1.165) is 43.4 Å². The van der Waals surface area contributed by atoms with Crippen LogP contribution in [-0.4, -0.2) is 63.7 Å². The highest BCUT2D eigenvalue weighted by molar-refractivity contribution is 7.17. The van der Waals surface area contributed by atoms with E-state index in [1.54, 1.807) is 42.3 Å². The van der Waals surface area contributed by atoms with Crippen molar-refractivity contribution in [1.82, 2.24) is 15.2 Å². The average molecular weight is 756 g/mol. The normalized spacial score (nSPS) is 17.7. The maximum Gasteiger partial charge on any atom is 0.255 e. The zero-order valence-corrected chi connectivity index (χ0v) is 31.2. The second-order valence-corrected chi connectivity index (χ2v) is 14.4. The highest BCUT2D eigenvalue weighted by atomic mass is 35.5. The number of aromatic nitrogens is 1. The molecule has 0 bridgehead atoms. The Morgan fingerprint density at radius 2 is 1.89 bits per heavy atom. The molecule has 2 aromatic carbocycles. The van der Waals surface area contributed by atoms with Gasteiger partial charge in [-0.2, -0.15) is 0 Å². The summed E-state index contributed by atoms with van der Waals surface area (Å²) in [6.45, 7) is 6.09. The third-order valence-electron chi connectivity index (χ3n) is 9.32. The minimum absolute atomic E-state index is 0.202. The van der Waals surface area contributed by atoms with Gasteiger partial charge in [-0.05, 0) is 86.6 Å². The number of amidine groups is 2. The minimum Gasteiger partial charge on any atom is -0.491 e. The van der Waals surface area contributed by atoms with E-state index in [-0.39, 0.29) is 36.5 Å². The number of imide groups is 1. The second-order valence-electron chi connectivity index (χ2n) is 13.0. The molecule has 1 saturated heterocycles. The molecule has 1 fully saturated rings. The van der Waals surface area contributed by atoms with Crippen LogP contribution in [0.2, 0.25) is 5.02 Å². The Balaban J connectivity index is 1.02. The van der Waals surface area contributed by atoms with Crippen LogP contribution in [0.4, 0.5) is 5.00 Å². The second kappa shape index (κ2) is 15.1. The lowest BCUT2D eigenvalue weighted by Gasteiger charge is -2.29. The van der Waals surface area contributed by atoms with Gasteiger partial charge in [0.2, 0.25) is 11.8 Å². The largest absolute Gasteiger partial charge is 0.491 e. The third kappa shape index (κ3) is 7.14. The highest BCUT2D eigenvalue weighted by Gasteiger charge is 2.39. The van der Waals surface area contributed by atoms with Crippen LogP contribution in [0.3, 0.4) is 0 Å². The van der Waals surface area contributed by atoms with Crippen molar-refractivity contribution in [2.45, 2.75) is 58.7 Å². The van der Waals surface area contributed by atoms with E-state index in [0.29, 0.717) is 41.5 Å². The molecule has 7 rings (SSSR count). The average Bonchev–Trinajstić information content (AvgIpc) is 3.62. The number of hydrogen-bond acceptors (Lipinski definition) is 9. The Labute approximate surface area is 321 Å². The molecule has 0 radical (unpaired) electrons. The fraction of sp³-hybridized carbons (Fsp3) is 0.244. The van der Waals surface area contributed by atoms with Crippen LogP contribution < -0.4 is 15.0 Å². The molecule has 0 saturated carbocycles. The third-order valence-corrected chi connectivity index (χ3v) is 10.8. The predicted octanol–water partition coefficient (Wildman–Crippen LogP) is 6.11. The monoisotopic (exact) mass is 755 g/mol. The Morgan fingerprint density at radius 1 is 1.09 bits per heavy atom. The van der Waals surface area contributed by atoms with Crippen molar-refractivity contribution in [2.75, 3.05) is 11.5 Å². The number of benzene rings is 2. The quantitative estimate of drug-likeness (QED) is 0.0736. The summed E-state index contributed by atoms with van der Waals surface area (Å²) < 4.78 is 5.88. The first-order chi connectivity index (χ1) is 26.0. The number of carbonyl (C=O) groups excluding carboxylic acids is 3. The van der Waals surface area contributed by atoms with E-state index in [1.807, 2.05) is 44.2 Å². The van der Waals surface area contributed by atoms with Crippen LogP contribution in [-0.2, 0) is 16.1 Å². The molecule has 11 nitrogen and oxygen atoms in total. The predicted molar refractivity (Wildman–Crippen MR) is 209 cm³/mol. The number of carbonyl (C=O) groups is 3. The van der Waals surface area contributed by atoms with Crippen molar-refractivity contribution in [1.29, 1.82) is 10.8 Å². The lowest BCUT2D eigenvalue weighted by atomic mass is 9.99. The zero-order valence-electron chi connectivity index (χ0n) is 29.7. The Hall–Kier alpha value is -6.08. The van der Waals surface area contributed by atoms with Gasteiger partial charge in [0.15, 0.2) is 0 Å². The van der Waals surface area contributed by atoms with Crippen LogP contribution in [0.5, 0.6) is 5.75 Å². The lowest BCUT2D eigenvalue weighted by Crippen LogP contribution is -2.52. The Kier molecular flexibility index (Phi) is 10.2. The number of fused-ring (bicyclic) bond motifs is 2. The summed E-state index contributed by atoms with van der Waals surface area (Å²) in [5.41, 5.74) is 5.92. The van der Waals surface area contributed by atoms with Crippen molar-refractivity contribution in [3.63, 3.8) is 0 Å². The number of hydrogen-bond donors (Lipinski definition) is 3. The molecule has 4 aromatic rings. The molecule has 3 N–H and O–H groups in total.